The molecule has 0 spiro atoms. The van der Waals surface area contributed by atoms with Gasteiger partial charge in [0, 0.05) is 6.07 Å². The van der Waals surface area contributed by atoms with Crippen LogP contribution in [0.15, 0.2) is 29.8 Å². The van der Waals surface area contributed by atoms with Crippen molar-refractivity contribution >= 4 is 0 Å². The Morgan fingerprint density at radius 1 is 1.00 bits per heavy atom. The molecule has 1 unspecified atom stereocenters. The molecular formula is C15H20F2N2. The van der Waals surface area contributed by atoms with Crippen LogP contribution in [0.4, 0.5) is 8.78 Å². The first kappa shape index (κ1) is 14.2. The normalized spacial score (nSPS) is 21.1. The van der Waals surface area contributed by atoms with Crippen molar-refractivity contribution in [2.75, 3.05) is 0 Å². The fourth-order valence-electron chi connectivity index (χ4n) is 2.64. The third kappa shape index (κ3) is 3.85. The molecular weight excluding hydrogens is 246 g/mol. The Kier molecular flexibility index (Phi) is 5.05. The minimum atomic E-state index is -0.568. The first-order valence-corrected chi connectivity index (χ1v) is 6.82. The molecule has 1 aromatic carbocycles. The SMILES string of the molecule is NNC(/C1=C/CCCCCC1)c1cc(F)cc(F)c1. The average Bonchev–Trinajstić information content (AvgIpc) is 2.31. The first-order valence-electron chi connectivity index (χ1n) is 6.82. The molecule has 0 radical (unpaired) electrons. The molecule has 2 nitrogen and oxygen atoms in total. The number of halogens is 2. The summed E-state index contributed by atoms with van der Waals surface area (Å²) in [5.74, 6) is 4.45. The van der Waals surface area contributed by atoms with E-state index in [0.29, 0.717) is 5.56 Å². The molecule has 4 heteroatoms. The maximum absolute atomic E-state index is 13.3. The number of hydrogen-bond donors (Lipinski definition) is 2. The summed E-state index contributed by atoms with van der Waals surface area (Å²) >= 11 is 0. The van der Waals surface area contributed by atoms with Crippen LogP contribution in [0.25, 0.3) is 0 Å². The van der Waals surface area contributed by atoms with Crippen LogP contribution in [0.5, 0.6) is 0 Å². The van der Waals surface area contributed by atoms with Gasteiger partial charge >= 0.3 is 0 Å². The highest BCUT2D eigenvalue weighted by molar-refractivity contribution is 5.29. The van der Waals surface area contributed by atoms with Gasteiger partial charge < -0.3 is 0 Å². The quantitative estimate of drug-likeness (QED) is 0.497. The molecule has 19 heavy (non-hydrogen) atoms. The Morgan fingerprint density at radius 3 is 2.37 bits per heavy atom. The Balaban J connectivity index is 2.26. The van der Waals surface area contributed by atoms with E-state index >= 15 is 0 Å². The summed E-state index contributed by atoms with van der Waals surface area (Å²) in [6.45, 7) is 0. The van der Waals surface area contributed by atoms with Crippen LogP contribution in [0.1, 0.15) is 50.1 Å². The largest absolute Gasteiger partial charge is 0.271 e. The Morgan fingerprint density at radius 2 is 1.68 bits per heavy atom. The van der Waals surface area contributed by atoms with Crippen molar-refractivity contribution < 1.29 is 8.78 Å². The molecule has 0 saturated carbocycles. The molecule has 1 aliphatic rings. The second-order valence-electron chi connectivity index (χ2n) is 5.03. The third-order valence-electron chi connectivity index (χ3n) is 3.58. The zero-order valence-corrected chi connectivity index (χ0v) is 11.0. The van der Waals surface area contributed by atoms with Crippen molar-refractivity contribution in [2.45, 2.75) is 44.6 Å². The van der Waals surface area contributed by atoms with E-state index in [9.17, 15) is 8.78 Å². The topological polar surface area (TPSA) is 38.0 Å². The van der Waals surface area contributed by atoms with E-state index in [1.807, 2.05) is 0 Å². The standard InChI is InChI=1S/C15H20F2N2/c16-13-8-12(9-14(17)10-13)15(19-18)11-6-4-2-1-3-5-7-11/h6,8-10,15,19H,1-5,7,18H2/b11-6+. The van der Waals surface area contributed by atoms with Gasteiger partial charge in [-0.25, -0.2) is 14.2 Å². The van der Waals surface area contributed by atoms with Crippen molar-refractivity contribution in [3.63, 3.8) is 0 Å². The van der Waals surface area contributed by atoms with E-state index < -0.39 is 11.6 Å². The maximum Gasteiger partial charge on any atom is 0.126 e. The van der Waals surface area contributed by atoms with Crippen LogP contribution < -0.4 is 11.3 Å². The van der Waals surface area contributed by atoms with Crippen LogP contribution in [0, 0.1) is 11.6 Å². The zero-order valence-electron chi connectivity index (χ0n) is 11.0. The third-order valence-corrected chi connectivity index (χ3v) is 3.58. The number of allylic oxidation sites excluding steroid dienone is 1. The van der Waals surface area contributed by atoms with Crippen LogP contribution in [0.3, 0.4) is 0 Å². The van der Waals surface area contributed by atoms with Crippen molar-refractivity contribution in [3.05, 3.63) is 47.0 Å². The summed E-state index contributed by atoms with van der Waals surface area (Å²) in [4.78, 5) is 0. The molecule has 1 aromatic rings. The van der Waals surface area contributed by atoms with Crippen LogP contribution in [-0.4, -0.2) is 0 Å². The van der Waals surface area contributed by atoms with E-state index in [1.165, 1.54) is 25.0 Å². The van der Waals surface area contributed by atoms with E-state index in [1.54, 1.807) is 0 Å². The fourth-order valence-corrected chi connectivity index (χ4v) is 2.64. The van der Waals surface area contributed by atoms with Crippen molar-refractivity contribution in [3.8, 4) is 0 Å². The van der Waals surface area contributed by atoms with Crippen molar-refractivity contribution in [1.29, 1.82) is 0 Å². The molecule has 0 heterocycles. The first-order chi connectivity index (χ1) is 9.20. The van der Waals surface area contributed by atoms with Crippen LogP contribution >= 0.6 is 0 Å². The second kappa shape index (κ2) is 6.78. The van der Waals surface area contributed by atoms with Gasteiger partial charge in [0.2, 0.25) is 0 Å². The zero-order chi connectivity index (χ0) is 13.7. The minimum Gasteiger partial charge on any atom is -0.271 e. The van der Waals surface area contributed by atoms with Gasteiger partial charge in [-0.05, 0) is 43.4 Å². The Hall–Kier alpha value is -1.26. The van der Waals surface area contributed by atoms with Gasteiger partial charge in [-0.15, -0.1) is 0 Å². The molecule has 0 aliphatic heterocycles. The highest BCUT2D eigenvalue weighted by Gasteiger charge is 2.17. The highest BCUT2D eigenvalue weighted by Crippen LogP contribution is 2.29. The molecule has 0 bridgehead atoms. The molecule has 0 fully saturated rings. The molecule has 0 saturated heterocycles. The van der Waals surface area contributed by atoms with Gasteiger partial charge in [0.15, 0.2) is 0 Å². The molecule has 3 N–H and O–H groups in total. The lowest BCUT2D eigenvalue weighted by atomic mass is 9.91. The van der Waals surface area contributed by atoms with Gasteiger partial charge in [-0.1, -0.05) is 24.5 Å². The summed E-state index contributed by atoms with van der Waals surface area (Å²) in [6, 6.07) is 3.26. The average molecular weight is 266 g/mol. The summed E-state index contributed by atoms with van der Waals surface area (Å²) in [6.07, 6.45) is 8.80. The predicted molar refractivity (Wildman–Crippen MR) is 72.2 cm³/mol. The van der Waals surface area contributed by atoms with Gasteiger partial charge in [-0.2, -0.15) is 0 Å². The summed E-state index contributed by atoms with van der Waals surface area (Å²) in [7, 11) is 0. The molecule has 1 atom stereocenters. The lowest BCUT2D eigenvalue weighted by molar-refractivity contribution is 0.539. The van der Waals surface area contributed by atoms with Gasteiger partial charge in [0.25, 0.3) is 0 Å². The van der Waals surface area contributed by atoms with Gasteiger partial charge in [0.05, 0.1) is 6.04 Å². The number of rotatable bonds is 3. The van der Waals surface area contributed by atoms with E-state index in [4.69, 9.17) is 5.84 Å². The monoisotopic (exact) mass is 266 g/mol. The van der Waals surface area contributed by atoms with E-state index in [0.717, 1.165) is 37.3 Å². The fraction of sp³-hybridized carbons (Fsp3) is 0.467. The number of benzene rings is 1. The molecule has 104 valence electrons. The molecule has 0 amide bonds. The molecule has 2 rings (SSSR count). The van der Waals surface area contributed by atoms with Crippen LogP contribution in [0.2, 0.25) is 0 Å². The maximum atomic E-state index is 13.3. The number of hydrazine groups is 1. The van der Waals surface area contributed by atoms with Crippen molar-refractivity contribution in [2.24, 2.45) is 5.84 Å². The number of nitrogens with two attached hydrogens (primary N) is 1. The van der Waals surface area contributed by atoms with E-state index in [2.05, 4.69) is 11.5 Å². The van der Waals surface area contributed by atoms with Gasteiger partial charge in [0.1, 0.15) is 11.6 Å². The molecule has 1 aliphatic carbocycles. The number of nitrogens with one attached hydrogen (secondary N) is 1. The number of hydrogen-bond acceptors (Lipinski definition) is 2. The van der Waals surface area contributed by atoms with Gasteiger partial charge in [-0.3, -0.25) is 5.84 Å². The minimum absolute atomic E-state index is 0.303. The summed E-state index contributed by atoms with van der Waals surface area (Å²) < 4.78 is 26.6. The van der Waals surface area contributed by atoms with E-state index in [-0.39, 0.29) is 6.04 Å². The lowest BCUT2D eigenvalue weighted by Gasteiger charge is -2.22. The Bertz CT molecular complexity index is 437. The lowest BCUT2D eigenvalue weighted by Crippen LogP contribution is -2.30. The van der Waals surface area contributed by atoms with Crippen molar-refractivity contribution in [1.82, 2.24) is 5.43 Å². The smallest absolute Gasteiger partial charge is 0.126 e. The molecule has 0 aromatic heterocycles. The second-order valence-corrected chi connectivity index (χ2v) is 5.03. The summed E-state index contributed by atoms with van der Waals surface area (Å²) in [5, 5.41) is 0. The summed E-state index contributed by atoms with van der Waals surface area (Å²) in [5.41, 5.74) is 4.37. The van der Waals surface area contributed by atoms with Crippen LogP contribution in [-0.2, 0) is 0 Å². The highest BCUT2D eigenvalue weighted by atomic mass is 19.1. The predicted octanol–water partition coefficient (Wildman–Crippen LogP) is 3.75. The Labute approximate surface area is 112 Å².